The van der Waals surface area contributed by atoms with Crippen molar-refractivity contribution in [3.05, 3.63) is 35.0 Å². The number of halogens is 1. The fourth-order valence-electron chi connectivity index (χ4n) is 2.62. The molecule has 3 nitrogen and oxygen atoms in total. The van der Waals surface area contributed by atoms with E-state index >= 15 is 0 Å². The molecule has 4 heteroatoms. The number of aryl methyl sites for hydroxylation is 1. The number of rotatable bonds is 8. The zero-order valence-electron chi connectivity index (χ0n) is 12.7. The first-order valence-electron chi connectivity index (χ1n) is 7.81. The van der Waals surface area contributed by atoms with Gasteiger partial charge in [0, 0.05) is 21.8 Å². The molecule has 114 valence electrons. The highest BCUT2D eigenvalue weighted by Crippen LogP contribution is 2.34. The van der Waals surface area contributed by atoms with Gasteiger partial charge < -0.3 is 5.73 Å². The van der Waals surface area contributed by atoms with Gasteiger partial charge in [0.2, 0.25) is 0 Å². The quantitative estimate of drug-likeness (QED) is 0.657. The summed E-state index contributed by atoms with van der Waals surface area (Å²) < 4.78 is 0. The lowest BCUT2D eigenvalue weighted by Crippen LogP contribution is -1.93. The molecule has 1 aromatic carbocycles. The third-order valence-electron chi connectivity index (χ3n) is 3.79. The third-order valence-corrected chi connectivity index (χ3v) is 4.12. The monoisotopic (exact) mass is 305 g/mol. The predicted octanol–water partition coefficient (Wildman–Crippen LogP) is 5.22. The number of aromatic amines is 1. The largest absolute Gasteiger partial charge is 0.382 e. The molecule has 0 unspecified atom stereocenters. The van der Waals surface area contributed by atoms with Gasteiger partial charge in [-0.3, -0.25) is 5.10 Å². The molecule has 1 heterocycles. The number of nitrogens with two attached hydrogens (primary N) is 1. The normalized spacial score (nSPS) is 11.0. The molecule has 2 rings (SSSR count). The molecule has 0 fully saturated rings. The Labute approximate surface area is 131 Å². The first-order chi connectivity index (χ1) is 10.2. The second-order valence-electron chi connectivity index (χ2n) is 5.46. The van der Waals surface area contributed by atoms with Gasteiger partial charge in [-0.25, -0.2) is 0 Å². The molecule has 0 atom stereocenters. The highest BCUT2D eigenvalue weighted by atomic mass is 35.5. The van der Waals surface area contributed by atoms with Crippen molar-refractivity contribution >= 4 is 17.4 Å². The fourth-order valence-corrected chi connectivity index (χ4v) is 2.85. The molecule has 0 radical (unpaired) electrons. The van der Waals surface area contributed by atoms with Gasteiger partial charge in [-0.2, -0.15) is 5.10 Å². The molecule has 0 amide bonds. The molecule has 0 saturated carbocycles. The molecule has 0 aliphatic carbocycles. The van der Waals surface area contributed by atoms with Gasteiger partial charge in [-0.15, -0.1) is 0 Å². The zero-order chi connectivity index (χ0) is 15.1. The zero-order valence-corrected chi connectivity index (χ0v) is 13.4. The van der Waals surface area contributed by atoms with Gasteiger partial charge in [0.1, 0.15) is 0 Å². The van der Waals surface area contributed by atoms with Crippen molar-refractivity contribution < 1.29 is 0 Å². The Morgan fingerprint density at radius 1 is 1.10 bits per heavy atom. The molecule has 0 aliphatic heterocycles. The lowest BCUT2D eigenvalue weighted by Gasteiger charge is -2.06. The SMILES string of the molecule is CCCCCCCCc1[nH]nc(N)c1-c1ccccc1Cl. The van der Waals surface area contributed by atoms with Crippen LogP contribution in [0, 0.1) is 0 Å². The summed E-state index contributed by atoms with van der Waals surface area (Å²) in [6.07, 6.45) is 8.63. The molecule has 0 aliphatic rings. The Balaban J connectivity index is 2.00. The third kappa shape index (κ3) is 4.24. The molecule has 0 saturated heterocycles. The number of hydrogen-bond donors (Lipinski definition) is 2. The molecular formula is C17H24ClN3. The molecule has 0 bridgehead atoms. The van der Waals surface area contributed by atoms with E-state index in [0.29, 0.717) is 5.82 Å². The fraction of sp³-hybridized carbons (Fsp3) is 0.471. The summed E-state index contributed by atoms with van der Waals surface area (Å²) in [4.78, 5) is 0. The second kappa shape index (κ2) is 8.08. The highest BCUT2D eigenvalue weighted by molar-refractivity contribution is 6.33. The summed E-state index contributed by atoms with van der Waals surface area (Å²) in [5, 5.41) is 7.94. The average Bonchev–Trinajstić information content (AvgIpc) is 2.84. The number of nitrogens with zero attached hydrogens (tertiary/aromatic N) is 1. The van der Waals surface area contributed by atoms with E-state index in [1.165, 1.54) is 32.1 Å². The molecular weight excluding hydrogens is 282 g/mol. The van der Waals surface area contributed by atoms with Gasteiger partial charge in [0.05, 0.1) is 0 Å². The Kier molecular flexibility index (Phi) is 6.12. The van der Waals surface area contributed by atoms with Crippen molar-refractivity contribution in [1.29, 1.82) is 0 Å². The summed E-state index contributed by atoms with van der Waals surface area (Å²) in [6.45, 7) is 2.24. The van der Waals surface area contributed by atoms with E-state index in [-0.39, 0.29) is 0 Å². The Morgan fingerprint density at radius 3 is 2.57 bits per heavy atom. The summed E-state index contributed by atoms with van der Waals surface area (Å²) in [5.41, 5.74) is 9.04. The standard InChI is InChI=1S/C17H24ClN3/c1-2-3-4-5-6-7-12-15-16(17(19)21-20-15)13-10-8-9-11-14(13)18/h8-11H,2-7,12H2,1H3,(H3,19,20,21). The molecule has 2 aromatic rings. The van der Waals surface area contributed by atoms with Crippen molar-refractivity contribution in [2.45, 2.75) is 51.9 Å². The highest BCUT2D eigenvalue weighted by Gasteiger charge is 2.14. The molecule has 3 N–H and O–H groups in total. The van der Waals surface area contributed by atoms with Crippen LogP contribution < -0.4 is 5.73 Å². The van der Waals surface area contributed by atoms with Crippen LogP contribution in [0.15, 0.2) is 24.3 Å². The van der Waals surface area contributed by atoms with Gasteiger partial charge in [0.25, 0.3) is 0 Å². The van der Waals surface area contributed by atoms with Crippen LogP contribution in [0.1, 0.15) is 51.1 Å². The minimum atomic E-state index is 0.532. The smallest absolute Gasteiger partial charge is 0.153 e. The average molecular weight is 306 g/mol. The topological polar surface area (TPSA) is 54.7 Å². The van der Waals surface area contributed by atoms with Crippen LogP contribution in [0.2, 0.25) is 5.02 Å². The van der Waals surface area contributed by atoms with Crippen LogP contribution in [-0.2, 0) is 6.42 Å². The van der Waals surface area contributed by atoms with Gasteiger partial charge in [0.15, 0.2) is 5.82 Å². The maximum Gasteiger partial charge on any atom is 0.153 e. The number of H-pyrrole nitrogens is 1. The minimum absolute atomic E-state index is 0.532. The van der Waals surface area contributed by atoms with E-state index in [9.17, 15) is 0 Å². The summed E-state index contributed by atoms with van der Waals surface area (Å²) in [7, 11) is 0. The first kappa shape index (κ1) is 15.9. The Bertz CT molecular complexity index is 563. The second-order valence-corrected chi connectivity index (χ2v) is 5.87. The van der Waals surface area contributed by atoms with Gasteiger partial charge >= 0.3 is 0 Å². The number of nitrogen functional groups attached to an aromatic ring is 1. The van der Waals surface area contributed by atoms with Crippen LogP contribution in [0.5, 0.6) is 0 Å². The Hall–Kier alpha value is -1.48. The van der Waals surface area contributed by atoms with Crippen LogP contribution >= 0.6 is 11.6 Å². The van der Waals surface area contributed by atoms with Crippen molar-refractivity contribution in [2.75, 3.05) is 5.73 Å². The number of unbranched alkanes of at least 4 members (excludes halogenated alkanes) is 5. The van der Waals surface area contributed by atoms with Crippen LogP contribution in [0.25, 0.3) is 11.1 Å². The van der Waals surface area contributed by atoms with Crippen LogP contribution in [0.3, 0.4) is 0 Å². The first-order valence-corrected chi connectivity index (χ1v) is 8.19. The lowest BCUT2D eigenvalue weighted by molar-refractivity contribution is 0.604. The van der Waals surface area contributed by atoms with Gasteiger partial charge in [-0.05, 0) is 18.9 Å². The van der Waals surface area contributed by atoms with Crippen molar-refractivity contribution in [3.63, 3.8) is 0 Å². The molecule has 1 aromatic heterocycles. The number of benzene rings is 1. The van der Waals surface area contributed by atoms with Crippen molar-refractivity contribution in [1.82, 2.24) is 10.2 Å². The van der Waals surface area contributed by atoms with Crippen molar-refractivity contribution in [2.24, 2.45) is 0 Å². The maximum atomic E-state index is 6.28. The molecule has 0 spiro atoms. The van der Waals surface area contributed by atoms with E-state index in [0.717, 1.165) is 34.7 Å². The van der Waals surface area contributed by atoms with Crippen LogP contribution in [0.4, 0.5) is 5.82 Å². The van der Waals surface area contributed by atoms with E-state index < -0.39 is 0 Å². The summed E-state index contributed by atoms with van der Waals surface area (Å²) >= 11 is 6.28. The summed E-state index contributed by atoms with van der Waals surface area (Å²) in [5.74, 6) is 0.532. The number of nitrogens with one attached hydrogen (secondary N) is 1. The lowest BCUT2D eigenvalue weighted by atomic mass is 10.0. The van der Waals surface area contributed by atoms with E-state index in [4.69, 9.17) is 17.3 Å². The van der Waals surface area contributed by atoms with Gasteiger partial charge in [-0.1, -0.05) is 68.8 Å². The van der Waals surface area contributed by atoms with Crippen molar-refractivity contribution in [3.8, 4) is 11.1 Å². The maximum absolute atomic E-state index is 6.28. The van der Waals surface area contributed by atoms with E-state index in [1.54, 1.807) is 0 Å². The van der Waals surface area contributed by atoms with E-state index in [2.05, 4.69) is 17.1 Å². The Morgan fingerprint density at radius 2 is 1.81 bits per heavy atom. The summed E-state index contributed by atoms with van der Waals surface area (Å²) in [6, 6.07) is 7.78. The predicted molar refractivity (Wildman–Crippen MR) is 90.5 cm³/mol. The van der Waals surface area contributed by atoms with Crippen LogP contribution in [-0.4, -0.2) is 10.2 Å². The molecule has 21 heavy (non-hydrogen) atoms. The number of hydrogen-bond acceptors (Lipinski definition) is 2. The minimum Gasteiger partial charge on any atom is -0.382 e. The number of anilines is 1. The van der Waals surface area contributed by atoms with E-state index in [1.807, 2.05) is 24.3 Å². The number of aromatic nitrogens is 2.